The van der Waals surface area contributed by atoms with Crippen molar-refractivity contribution < 1.29 is 13.9 Å². The summed E-state index contributed by atoms with van der Waals surface area (Å²) in [4.78, 5) is 0. The molecule has 1 fully saturated rings. The summed E-state index contributed by atoms with van der Waals surface area (Å²) in [5, 5.41) is 0.121. The van der Waals surface area contributed by atoms with Crippen LogP contribution in [0, 0.1) is 23.6 Å². The Morgan fingerprint density at radius 3 is 2.46 bits per heavy atom. The number of hydrogen-bond acceptors (Lipinski definition) is 2. The highest BCUT2D eigenvalue weighted by Gasteiger charge is 2.18. The van der Waals surface area contributed by atoms with Gasteiger partial charge in [-0.15, -0.1) is 0 Å². The lowest BCUT2D eigenvalue weighted by Crippen LogP contribution is -2.30. The molecule has 0 amide bonds. The van der Waals surface area contributed by atoms with Crippen molar-refractivity contribution in [2.45, 2.75) is 19.6 Å². The molecule has 2 aromatic rings. The Hall–Kier alpha value is -2.12. The first-order valence-corrected chi connectivity index (χ1v) is 9.00. The molecule has 2 nitrogen and oxygen atoms in total. The molecule has 1 heterocycles. The zero-order chi connectivity index (χ0) is 18.4. The highest BCUT2D eigenvalue weighted by atomic mass is 35.5. The zero-order valence-electron chi connectivity index (χ0n) is 14.5. The molecule has 0 bridgehead atoms. The van der Waals surface area contributed by atoms with Gasteiger partial charge >= 0.3 is 0 Å². The van der Waals surface area contributed by atoms with Crippen molar-refractivity contribution in [2.24, 2.45) is 5.92 Å². The summed E-state index contributed by atoms with van der Waals surface area (Å²) in [6.07, 6.45) is 4.77. The smallest absolute Gasteiger partial charge is 0.222 e. The van der Waals surface area contributed by atoms with Crippen molar-refractivity contribution in [1.82, 2.24) is 0 Å². The number of rotatable bonds is 3. The van der Waals surface area contributed by atoms with Crippen LogP contribution in [-0.2, 0) is 9.47 Å². The molecule has 1 saturated heterocycles. The minimum absolute atomic E-state index is 0.121. The van der Waals surface area contributed by atoms with E-state index in [1.54, 1.807) is 12.1 Å². The van der Waals surface area contributed by atoms with Crippen LogP contribution < -0.4 is 0 Å². The van der Waals surface area contributed by atoms with Gasteiger partial charge in [0, 0.05) is 11.5 Å². The maximum absolute atomic E-state index is 13.6. The topological polar surface area (TPSA) is 18.5 Å². The van der Waals surface area contributed by atoms with Crippen LogP contribution in [0.1, 0.15) is 18.9 Å². The molecule has 1 aliphatic rings. The molecule has 0 unspecified atom stereocenters. The van der Waals surface area contributed by atoms with Gasteiger partial charge in [-0.3, -0.25) is 0 Å². The Balaban J connectivity index is 1.61. The number of hydrogen-bond donors (Lipinski definition) is 0. The van der Waals surface area contributed by atoms with Crippen LogP contribution in [0.5, 0.6) is 0 Å². The first kappa shape index (κ1) is 18.7. The van der Waals surface area contributed by atoms with Crippen molar-refractivity contribution in [3.05, 3.63) is 71.0 Å². The lowest BCUT2D eigenvalue weighted by atomic mass is 10.0. The van der Waals surface area contributed by atoms with Crippen LogP contribution in [0.4, 0.5) is 4.39 Å². The molecule has 0 saturated carbocycles. The van der Waals surface area contributed by atoms with Gasteiger partial charge in [-0.05, 0) is 47.7 Å². The number of ether oxygens (including phenoxy) is 2. The molecule has 3 rings (SSSR count). The second-order valence-electron chi connectivity index (χ2n) is 6.07. The lowest BCUT2D eigenvalue weighted by molar-refractivity contribution is -0.160. The van der Waals surface area contributed by atoms with E-state index in [4.69, 9.17) is 21.1 Å². The Labute approximate surface area is 158 Å². The minimum atomic E-state index is -0.494. The highest BCUT2D eigenvalue weighted by Crippen LogP contribution is 2.24. The van der Waals surface area contributed by atoms with E-state index < -0.39 is 12.1 Å². The van der Waals surface area contributed by atoms with Crippen LogP contribution in [0.15, 0.2) is 54.6 Å². The van der Waals surface area contributed by atoms with Gasteiger partial charge in [0.15, 0.2) is 0 Å². The predicted molar refractivity (Wildman–Crippen MR) is 102 cm³/mol. The Morgan fingerprint density at radius 1 is 1.12 bits per heavy atom. The maximum atomic E-state index is 13.6. The third kappa shape index (κ3) is 4.95. The molecule has 0 aliphatic carbocycles. The fourth-order valence-corrected chi connectivity index (χ4v) is 2.72. The van der Waals surface area contributed by atoms with Crippen molar-refractivity contribution in [2.75, 3.05) is 13.2 Å². The molecule has 0 atom stereocenters. The van der Waals surface area contributed by atoms with Crippen molar-refractivity contribution in [3.8, 4) is 23.0 Å². The molecule has 0 N–H and O–H groups in total. The van der Waals surface area contributed by atoms with Crippen LogP contribution in [-0.4, -0.2) is 19.5 Å². The van der Waals surface area contributed by atoms with Gasteiger partial charge in [-0.2, -0.15) is 0 Å². The molecule has 0 spiro atoms. The number of halogens is 2. The molecule has 26 heavy (non-hydrogen) atoms. The van der Waals surface area contributed by atoms with Gasteiger partial charge < -0.3 is 9.47 Å². The van der Waals surface area contributed by atoms with Crippen LogP contribution in [0.2, 0.25) is 5.02 Å². The Morgan fingerprint density at radius 2 is 1.81 bits per heavy atom. The average Bonchev–Trinajstić information content (AvgIpc) is 2.68. The molecule has 0 radical (unpaired) electrons. The molecule has 2 aromatic carbocycles. The molecule has 1 aliphatic heterocycles. The predicted octanol–water partition coefficient (Wildman–Crippen LogP) is 5.45. The Kier molecular flexibility index (Phi) is 6.46. The first-order valence-electron chi connectivity index (χ1n) is 8.62. The molecular formula is C22H20ClFO2. The van der Waals surface area contributed by atoms with E-state index in [-0.39, 0.29) is 5.02 Å². The van der Waals surface area contributed by atoms with Crippen molar-refractivity contribution in [3.63, 3.8) is 0 Å². The fourth-order valence-electron chi connectivity index (χ4n) is 2.61. The molecule has 134 valence electrons. The number of benzene rings is 2. The largest absolute Gasteiger partial charge is 0.341 e. The van der Waals surface area contributed by atoms with Gasteiger partial charge in [-0.1, -0.05) is 54.8 Å². The SMILES string of the molecule is CC/C=C/C1COC(C#Cc2ccc(-c3ccc(Cl)c(F)c3)cc2)OC1. The molecular weight excluding hydrogens is 351 g/mol. The fraction of sp³-hybridized carbons (Fsp3) is 0.273. The highest BCUT2D eigenvalue weighted by molar-refractivity contribution is 6.30. The molecule has 0 aromatic heterocycles. The third-order valence-corrected chi connectivity index (χ3v) is 4.35. The average molecular weight is 371 g/mol. The van der Waals surface area contributed by atoms with Gasteiger partial charge in [-0.25, -0.2) is 4.39 Å². The lowest BCUT2D eigenvalue weighted by Gasteiger charge is -2.24. The summed E-state index contributed by atoms with van der Waals surface area (Å²) in [6, 6.07) is 12.4. The van der Waals surface area contributed by atoms with Crippen LogP contribution in [0.3, 0.4) is 0 Å². The van der Waals surface area contributed by atoms with E-state index in [9.17, 15) is 4.39 Å². The number of allylic oxidation sites excluding steroid dienone is 1. The second-order valence-corrected chi connectivity index (χ2v) is 6.48. The standard InChI is InChI=1S/C22H20ClFO2/c1-2-3-4-17-14-25-22(26-15-17)12-7-16-5-8-18(9-6-16)19-10-11-20(23)21(24)13-19/h3-6,8-11,13,17,22H,2,14-15H2,1H3/b4-3+. The summed E-state index contributed by atoms with van der Waals surface area (Å²) >= 11 is 5.72. The summed E-state index contributed by atoms with van der Waals surface area (Å²) < 4.78 is 24.8. The quantitative estimate of drug-likeness (QED) is 0.528. The summed E-state index contributed by atoms with van der Waals surface area (Å²) in [6.45, 7) is 3.35. The maximum Gasteiger partial charge on any atom is 0.222 e. The molecule has 4 heteroatoms. The normalized spacial score (nSPS) is 20.0. The van der Waals surface area contributed by atoms with Gasteiger partial charge in [0.1, 0.15) is 5.82 Å². The van der Waals surface area contributed by atoms with Crippen LogP contribution in [0.25, 0.3) is 11.1 Å². The zero-order valence-corrected chi connectivity index (χ0v) is 15.3. The van der Waals surface area contributed by atoms with E-state index in [0.29, 0.717) is 19.1 Å². The third-order valence-electron chi connectivity index (χ3n) is 4.04. The van der Waals surface area contributed by atoms with Gasteiger partial charge in [0.2, 0.25) is 6.29 Å². The minimum Gasteiger partial charge on any atom is -0.341 e. The van der Waals surface area contributed by atoms with Crippen LogP contribution >= 0.6 is 11.6 Å². The van der Waals surface area contributed by atoms with Crippen molar-refractivity contribution in [1.29, 1.82) is 0 Å². The van der Waals surface area contributed by atoms with E-state index in [1.165, 1.54) is 6.07 Å². The van der Waals surface area contributed by atoms with E-state index in [0.717, 1.165) is 23.1 Å². The summed E-state index contributed by atoms with van der Waals surface area (Å²) in [5.41, 5.74) is 2.53. The monoisotopic (exact) mass is 370 g/mol. The van der Waals surface area contributed by atoms with E-state index in [2.05, 4.69) is 30.9 Å². The van der Waals surface area contributed by atoms with Crippen molar-refractivity contribution >= 4 is 11.6 Å². The van der Waals surface area contributed by atoms with E-state index >= 15 is 0 Å². The van der Waals surface area contributed by atoms with Gasteiger partial charge in [0.05, 0.1) is 18.2 Å². The first-order chi connectivity index (χ1) is 12.7. The van der Waals surface area contributed by atoms with E-state index in [1.807, 2.05) is 24.3 Å². The summed E-state index contributed by atoms with van der Waals surface area (Å²) in [5.74, 6) is 5.93. The second kappa shape index (κ2) is 9.00. The van der Waals surface area contributed by atoms with Gasteiger partial charge in [0.25, 0.3) is 0 Å². The summed E-state index contributed by atoms with van der Waals surface area (Å²) in [7, 11) is 0. The Bertz CT molecular complexity index is 825.